The summed E-state index contributed by atoms with van der Waals surface area (Å²) in [4.78, 5) is 81.9. The molecule has 6 fully saturated rings. The van der Waals surface area contributed by atoms with Gasteiger partial charge in [-0.1, -0.05) is 58.9 Å². The summed E-state index contributed by atoms with van der Waals surface area (Å²) >= 11 is 1.58. The lowest BCUT2D eigenvalue weighted by atomic mass is 9.82. The van der Waals surface area contributed by atoms with Crippen molar-refractivity contribution in [3.05, 3.63) is 82.8 Å². The van der Waals surface area contributed by atoms with Gasteiger partial charge in [0.25, 0.3) is 0 Å². The highest BCUT2D eigenvalue weighted by Gasteiger charge is 2.47. The van der Waals surface area contributed by atoms with Gasteiger partial charge < -0.3 is 50.9 Å². The molecular formula is C62H87F2N13O5S. The van der Waals surface area contributed by atoms with Crippen LogP contribution < -0.4 is 31.1 Å². The van der Waals surface area contributed by atoms with E-state index in [0.717, 1.165) is 91.7 Å². The van der Waals surface area contributed by atoms with Crippen LogP contribution in [0.1, 0.15) is 116 Å². The van der Waals surface area contributed by atoms with Crippen LogP contribution in [0.3, 0.4) is 0 Å². The number of hydrogen-bond donors (Lipinski definition) is 5. The van der Waals surface area contributed by atoms with E-state index in [1.54, 1.807) is 22.6 Å². The molecule has 21 heteroatoms. The highest BCUT2D eigenvalue weighted by atomic mass is 32.1. The maximum atomic E-state index is 15.8. The number of halogens is 2. The van der Waals surface area contributed by atoms with Crippen molar-refractivity contribution in [3.8, 4) is 10.4 Å². The van der Waals surface area contributed by atoms with Crippen molar-refractivity contribution >= 4 is 52.3 Å². The molecular weight excluding hydrogens is 1080 g/mol. The first-order valence-electron chi connectivity index (χ1n) is 30.1. The van der Waals surface area contributed by atoms with Crippen molar-refractivity contribution in [2.75, 3.05) is 101 Å². The van der Waals surface area contributed by atoms with Gasteiger partial charge in [0, 0.05) is 102 Å². The molecule has 2 aromatic heterocycles. The molecule has 1 aliphatic carbocycles. The Balaban J connectivity index is 0.640. The van der Waals surface area contributed by atoms with Crippen LogP contribution in [0.4, 0.5) is 26.1 Å². The van der Waals surface area contributed by atoms with Crippen LogP contribution in [0.2, 0.25) is 0 Å². The summed E-state index contributed by atoms with van der Waals surface area (Å²) in [5, 5.41) is 23.6. The van der Waals surface area contributed by atoms with Gasteiger partial charge in [0.1, 0.15) is 41.7 Å². The first-order chi connectivity index (χ1) is 39.5. The van der Waals surface area contributed by atoms with E-state index in [2.05, 4.69) is 76.7 Å². The topological polar surface area (TPSA) is 195 Å². The molecule has 7 heterocycles. The summed E-state index contributed by atoms with van der Waals surface area (Å²) in [6.45, 7) is 21.8. The van der Waals surface area contributed by atoms with Gasteiger partial charge in [0.15, 0.2) is 0 Å². The van der Waals surface area contributed by atoms with Crippen LogP contribution in [0.5, 0.6) is 0 Å². The molecule has 83 heavy (non-hydrogen) atoms. The molecule has 5 saturated heterocycles. The summed E-state index contributed by atoms with van der Waals surface area (Å²) in [5.41, 5.74) is 4.29. The fraction of sp³-hybridized carbons (Fsp3) is 0.629. The summed E-state index contributed by atoms with van der Waals surface area (Å²) in [7, 11) is 2.18. The lowest BCUT2D eigenvalue weighted by Crippen LogP contribution is -2.66. The number of aliphatic hydroxyl groups is 1. The van der Waals surface area contributed by atoms with Crippen LogP contribution in [0, 0.1) is 41.2 Å². The number of β-amino-alcohol motifs (C(OH)–C–C–N with tert-alkyl or cyclic N) is 1. The van der Waals surface area contributed by atoms with Gasteiger partial charge in [0.2, 0.25) is 23.6 Å². The zero-order valence-corrected chi connectivity index (χ0v) is 50.7. The number of amides is 4. The van der Waals surface area contributed by atoms with E-state index in [4.69, 9.17) is 0 Å². The van der Waals surface area contributed by atoms with E-state index in [9.17, 15) is 24.3 Å². The number of rotatable bonds is 18. The third-order valence-electron chi connectivity index (χ3n) is 18.9. The number of aryl methyl sites for hydroxylation is 1. The lowest BCUT2D eigenvalue weighted by molar-refractivity contribution is -0.144. The van der Waals surface area contributed by atoms with Crippen molar-refractivity contribution in [2.24, 2.45) is 22.7 Å². The molecule has 1 spiro atoms. The lowest BCUT2D eigenvalue weighted by Gasteiger charge is -2.48. The Labute approximate surface area is 492 Å². The number of carbonyl (C=O) groups is 4. The number of piperazine rings is 1. The van der Waals surface area contributed by atoms with Gasteiger partial charge in [-0.05, 0) is 112 Å². The first kappa shape index (κ1) is 60.3. The number of nitrogens with zero attached hydrogens (tertiary/aromatic N) is 9. The molecule has 4 amide bonds. The maximum Gasteiger partial charge on any atom is 0.246 e. The quantitative estimate of drug-likeness (QED) is 0.0716. The van der Waals surface area contributed by atoms with Gasteiger partial charge in [-0.15, -0.1) is 11.3 Å². The number of thiazole rings is 1. The van der Waals surface area contributed by atoms with Crippen LogP contribution in [-0.4, -0.2) is 179 Å². The molecule has 7 atom stereocenters. The van der Waals surface area contributed by atoms with Gasteiger partial charge >= 0.3 is 0 Å². The molecule has 2 aromatic carbocycles. The Morgan fingerprint density at radius 1 is 0.892 bits per heavy atom. The van der Waals surface area contributed by atoms with Gasteiger partial charge in [-0.2, -0.15) is 0 Å². The average Bonchev–Trinajstić information content (AvgIpc) is 4.34. The third kappa shape index (κ3) is 14.3. The number of aromatic nitrogens is 3. The summed E-state index contributed by atoms with van der Waals surface area (Å²) in [6.07, 6.45) is 6.55. The van der Waals surface area contributed by atoms with Crippen LogP contribution in [0.25, 0.3) is 10.4 Å². The van der Waals surface area contributed by atoms with E-state index in [0.29, 0.717) is 75.6 Å². The Morgan fingerprint density at radius 3 is 2.28 bits per heavy atom. The first-order valence-corrected chi connectivity index (χ1v) is 30.9. The van der Waals surface area contributed by atoms with Gasteiger partial charge in [0.05, 0.1) is 46.0 Å². The Kier molecular flexibility index (Phi) is 18.1. The SMILES string of the molecule is Cc1ncsc1-c1ccc([C@H](C)NC(=O)[C@@H]2C[C@@H](O)CN2C(=O)[C@@H](NC(=O)CCN2C[C@H]3C[C@@H](N(C)CCNc4cc(N5CCC6(CC5)CN(c5cc(F)c(CN7CCC(C)(C)CC7)cc5F)CC(=O)N6)ncn4)C[C@H]3C2)C(C)(C)C)cc1. The monoisotopic (exact) mass is 1160 g/mol. The maximum absolute atomic E-state index is 15.8. The van der Waals surface area contributed by atoms with Crippen molar-refractivity contribution in [1.29, 1.82) is 0 Å². The number of piperidine rings is 2. The summed E-state index contributed by atoms with van der Waals surface area (Å²) in [5.74, 6) is 0.554. The number of carbonyl (C=O) groups excluding carboxylic acids is 4. The second-order valence-corrected chi connectivity index (χ2v) is 27.6. The highest BCUT2D eigenvalue weighted by molar-refractivity contribution is 7.13. The molecule has 0 bridgehead atoms. The van der Waals surface area contributed by atoms with Crippen LogP contribution >= 0.6 is 11.3 Å². The van der Waals surface area contributed by atoms with Crippen LogP contribution in [-0.2, 0) is 25.7 Å². The number of likely N-dealkylation sites (N-methyl/N-ethyl adjacent to an activating group) is 1. The Hall–Kier alpha value is -5.87. The van der Waals surface area contributed by atoms with E-state index < -0.39 is 40.8 Å². The minimum atomic E-state index is -0.887. The molecule has 4 aromatic rings. The molecule has 0 radical (unpaired) electrons. The largest absolute Gasteiger partial charge is 0.391 e. The number of benzene rings is 2. The van der Waals surface area contributed by atoms with E-state index in [1.165, 1.54) is 17.0 Å². The summed E-state index contributed by atoms with van der Waals surface area (Å²) < 4.78 is 31.4. The smallest absolute Gasteiger partial charge is 0.246 e. The van der Waals surface area contributed by atoms with Crippen molar-refractivity contribution in [1.82, 2.24) is 50.5 Å². The Morgan fingerprint density at radius 2 is 1.60 bits per heavy atom. The summed E-state index contributed by atoms with van der Waals surface area (Å²) in [6, 6.07) is 10.9. The van der Waals surface area contributed by atoms with Gasteiger partial charge in [-0.25, -0.2) is 23.7 Å². The average molecular weight is 1160 g/mol. The van der Waals surface area contributed by atoms with E-state index >= 15 is 8.78 Å². The number of aliphatic hydroxyl groups excluding tert-OH is 1. The molecule has 5 aliphatic heterocycles. The predicted octanol–water partition coefficient (Wildman–Crippen LogP) is 6.60. The highest BCUT2D eigenvalue weighted by Crippen LogP contribution is 2.41. The fourth-order valence-corrected chi connectivity index (χ4v) is 14.5. The van der Waals surface area contributed by atoms with E-state index in [1.807, 2.05) is 70.5 Å². The number of anilines is 3. The molecule has 5 N–H and O–H groups in total. The molecule has 6 aliphatic rings. The zero-order valence-electron chi connectivity index (χ0n) is 49.9. The Bertz CT molecular complexity index is 2940. The molecule has 450 valence electrons. The number of nitrogens with one attached hydrogen (secondary N) is 4. The van der Waals surface area contributed by atoms with Gasteiger partial charge in [-0.3, -0.25) is 24.1 Å². The van der Waals surface area contributed by atoms with Crippen molar-refractivity contribution in [3.63, 3.8) is 0 Å². The molecule has 1 saturated carbocycles. The minimum absolute atomic E-state index is 0.0154. The zero-order chi connectivity index (χ0) is 59.0. The third-order valence-corrected chi connectivity index (χ3v) is 19.9. The normalized spacial score (nSPS) is 24.5. The molecule has 18 nitrogen and oxygen atoms in total. The fourth-order valence-electron chi connectivity index (χ4n) is 13.7. The van der Waals surface area contributed by atoms with Crippen molar-refractivity contribution < 1.29 is 33.1 Å². The standard InChI is InChI=1S/C62H87F2N13O5S/c1-39(41-9-11-42(12-10-41)56-40(2)68-38-83-56)69-58(81)51-28-47(78)34-77(51)59(82)57(60(3,4)5)70-54(79)13-19-74-31-43-25-46(26-44(43)32-74)72(8)24-18-65-52-30-53(67-37-66-52)75-22-16-62(17-23-75)36-76(35-55(80)71-62)50-29-48(63)45(27-49(50)64)33-73-20-14-61(6,7)15-21-73/h9-12,27,29-30,37-39,43-44,46-47,51,57,78H,13-26,28,31-36H2,1-8H3,(H,69,81)(H,70,79)(H,71,80)(H,65,66,67)/t39-,43-,44+,46-,47+,51-,57+/m0/s1. The number of hydrogen-bond acceptors (Lipinski definition) is 15. The van der Waals surface area contributed by atoms with E-state index in [-0.39, 0.29) is 66.7 Å². The molecule has 10 rings (SSSR count). The minimum Gasteiger partial charge on any atom is -0.391 e. The second-order valence-electron chi connectivity index (χ2n) is 26.7. The number of fused-ring (bicyclic) bond motifs is 1. The predicted molar refractivity (Wildman–Crippen MR) is 320 cm³/mol. The molecule has 0 unspecified atom stereocenters. The second kappa shape index (κ2) is 25.0. The van der Waals surface area contributed by atoms with Crippen molar-refractivity contribution in [2.45, 2.75) is 142 Å². The number of likely N-dealkylation sites (tertiary alicyclic amines) is 3. The van der Waals surface area contributed by atoms with Crippen LogP contribution in [0.15, 0.2) is 54.3 Å².